The summed E-state index contributed by atoms with van der Waals surface area (Å²) in [7, 11) is 0. The molecule has 3 rings (SSSR count). The van der Waals surface area contributed by atoms with Gasteiger partial charge in [-0.15, -0.1) is 0 Å². The Morgan fingerprint density at radius 2 is 1.76 bits per heavy atom. The smallest absolute Gasteiger partial charge is 0.141 e. The molecule has 0 atom stereocenters. The van der Waals surface area contributed by atoms with Crippen LogP contribution in [0.15, 0.2) is 48.8 Å². The van der Waals surface area contributed by atoms with Crippen molar-refractivity contribution in [1.29, 1.82) is 0 Å². The SMILES string of the molecule is CCCCCCn1c(-c2ccncc2)nc2ccccc21. The van der Waals surface area contributed by atoms with E-state index in [1.165, 1.54) is 31.2 Å². The van der Waals surface area contributed by atoms with E-state index in [1.807, 2.05) is 30.6 Å². The van der Waals surface area contributed by atoms with Crippen LogP contribution in [0.5, 0.6) is 0 Å². The van der Waals surface area contributed by atoms with Gasteiger partial charge in [-0.2, -0.15) is 0 Å². The lowest BCUT2D eigenvalue weighted by Crippen LogP contribution is -2.01. The van der Waals surface area contributed by atoms with E-state index in [1.54, 1.807) is 0 Å². The first-order valence-electron chi connectivity index (χ1n) is 7.76. The minimum atomic E-state index is 1.03. The van der Waals surface area contributed by atoms with Crippen LogP contribution < -0.4 is 0 Å². The van der Waals surface area contributed by atoms with E-state index in [9.17, 15) is 0 Å². The van der Waals surface area contributed by atoms with Gasteiger partial charge < -0.3 is 4.57 Å². The first-order chi connectivity index (χ1) is 10.4. The molecule has 0 aliphatic rings. The van der Waals surface area contributed by atoms with Crippen LogP contribution in [-0.2, 0) is 6.54 Å². The summed E-state index contributed by atoms with van der Waals surface area (Å²) in [6.07, 6.45) is 8.70. The quantitative estimate of drug-likeness (QED) is 0.613. The number of hydrogen-bond acceptors (Lipinski definition) is 2. The van der Waals surface area contributed by atoms with Crippen LogP contribution in [0.3, 0.4) is 0 Å². The van der Waals surface area contributed by atoms with Crippen molar-refractivity contribution in [3.63, 3.8) is 0 Å². The second-order valence-corrected chi connectivity index (χ2v) is 5.37. The van der Waals surface area contributed by atoms with Gasteiger partial charge in [-0.05, 0) is 30.7 Å². The van der Waals surface area contributed by atoms with Crippen LogP contribution in [0.25, 0.3) is 22.4 Å². The first kappa shape index (κ1) is 13.8. The maximum atomic E-state index is 4.82. The molecule has 0 N–H and O–H groups in total. The summed E-state index contributed by atoms with van der Waals surface area (Å²) < 4.78 is 2.35. The van der Waals surface area contributed by atoms with E-state index >= 15 is 0 Å². The predicted molar refractivity (Wildman–Crippen MR) is 87.1 cm³/mol. The van der Waals surface area contributed by atoms with Gasteiger partial charge >= 0.3 is 0 Å². The zero-order chi connectivity index (χ0) is 14.5. The van der Waals surface area contributed by atoms with Crippen molar-refractivity contribution in [3.8, 4) is 11.4 Å². The maximum Gasteiger partial charge on any atom is 0.141 e. The molecule has 0 saturated carbocycles. The Balaban J connectivity index is 1.98. The average molecular weight is 279 g/mol. The zero-order valence-corrected chi connectivity index (χ0v) is 12.5. The minimum absolute atomic E-state index is 1.03. The highest BCUT2D eigenvalue weighted by Crippen LogP contribution is 2.25. The van der Waals surface area contributed by atoms with E-state index < -0.39 is 0 Å². The van der Waals surface area contributed by atoms with E-state index in [-0.39, 0.29) is 0 Å². The zero-order valence-electron chi connectivity index (χ0n) is 12.5. The van der Waals surface area contributed by atoms with E-state index in [4.69, 9.17) is 4.98 Å². The van der Waals surface area contributed by atoms with Crippen molar-refractivity contribution in [1.82, 2.24) is 14.5 Å². The Morgan fingerprint density at radius 1 is 0.952 bits per heavy atom. The third-order valence-corrected chi connectivity index (χ3v) is 3.83. The second kappa shape index (κ2) is 6.53. The number of pyridine rings is 1. The van der Waals surface area contributed by atoms with E-state index in [0.717, 1.165) is 23.4 Å². The number of para-hydroxylation sites is 2. The molecule has 0 saturated heterocycles. The molecule has 0 fully saturated rings. The average Bonchev–Trinajstić information content (AvgIpc) is 2.91. The molecule has 3 aromatic rings. The van der Waals surface area contributed by atoms with Gasteiger partial charge in [-0.3, -0.25) is 4.98 Å². The van der Waals surface area contributed by atoms with Gasteiger partial charge in [-0.1, -0.05) is 38.3 Å². The second-order valence-electron chi connectivity index (χ2n) is 5.37. The summed E-state index contributed by atoms with van der Waals surface area (Å²) in [6.45, 7) is 3.27. The number of nitrogens with zero attached hydrogens (tertiary/aromatic N) is 3. The minimum Gasteiger partial charge on any atom is -0.324 e. The van der Waals surface area contributed by atoms with Crippen molar-refractivity contribution in [2.75, 3.05) is 0 Å². The highest BCUT2D eigenvalue weighted by atomic mass is 15.1. The highest BCUT2D eigenvalue weighted by Gasteiger charge is 2.11. The summed E-state index contributed by atoms with van der Waals surface area (Å²) in [5, 5.41) is 0. The number of imidazole rings is 1. The third kappa shape index (κ3) is 2.97. The largest absolute Gasteiger partial charge is 0.324 e. The van der Waals surface area contributed by atoms with Gasteiger partial charge in [0.2, 0.25) is 0 Å². The molecule has 0 unspecified atom stereocenters. The molecular weight excluding hydrogens is 258 g/mol. The number of unbranched alkanes of at least 4 members (excludes halogenated alkanes) is 3. The third-order valence-electron chi connectivity index (χ3n) is 3.83. The molecule has 3 heteroatoms. The number of fused-ring (bicyclic) bond motifs is 1. The monoisotopic (exact) mass is 279 g/mol. The highest BCUT2D eigenvalue weighted by molar-refractivity contribution is 5.80. The van der Waals surface area contributed by atoms with Crippen LogP contribution in [0.4, 0.5) is 0 Å². The van der Waals surface area contributed by atoms with Crippen molar-refractivity contribution in [2.24, 2.45) is 0 Å². The van der Waals surface area contributed by atoms with Crippen LogP contribution in [0.1, 0.15) is 32.6 Å². The number of hydrogen-bond donors (Lipinski definition) is 0. The van der Waals surface area contributed by atoms with Gasteiger partial charge in [0.05, 0.1) is 11.0 Å². The predicted octanol–water partition coefficient (Wildman–Crippen LogP) is 4.68. The fourth-order valence-corrected chi connectivity index (χ4v) is 2.72. The topological polar surface area (TPSA) is 30.7 Å². The molecule has 1 aromatic carbocycles. The molecule has 0 radical (unpaired) electrons. The molecule has 2 aromatic heterocycles. The van der Waals surface area contributed by atoms with Crippen molar-refractivity contribution in [2.45, 2.75) is 39.2 Å². The lowest BCUT2D eigenvalue weighted by atomic mass is 10.2. The fraction of sp³-hybridized carbons (Fsp3) is 0.333. The molecule has 21 heavy (non-hydrogen) atoms. The molecular formula is C18H21N3. The molecule has 3 nitrogen and oxygen atoms in total. The molecule has 0 aliphatic carbocycles. The Bertz CT molecular complexity index is 701. The molecule has 2 heterocycles. The lowest BCUT2D eigenvalue weighted by Gasteiger charge is -2.09. The number of rotatable bonds is 6. The van der Waals surface area contributed by atoms with Crippen LogP contribution >= 0.6 is 0 Å². The summed E-state index contributed by atoms with van der Waals surface area (Å²) in [5.41, 5.74) is 3.43. The van der Waals surface area contributed by atoms with Crippen molar-refractivity contribution in [3.05, 3.63) is 48.8 Å². The Labute approximate surface area is 125 Å². The van der Waals surface area contributed by atoms with Crippen LogP contribution in [0, 0.1) is 0 Å². The van der Waals surface area contributed by atoms with Gasteiger partial charge in [-0.25, -0.2) is 4.98 Å². The van der Waals surface area contributed by atoms with Crippen molar-refractivity contribution >= 4 is 11.0 Å². The van der Waals surface area contributed by atoms with Crippen molar-refractivity contribution < 1.29 is 0 Å². The Hall–Kier alpha value is -2.16. The fourth-order valence-electron chi connectivity index (χ4n) is 2.72. The Morgan fingerprint density at radius 3 is 2.57 bits per heavy atom. The summed E-state index contributed by atoms with van der Waals surface area (Å²) >= 11 is 0. The van der Waals surface area contributed by atoms with E-state index in [2.05, 4.69) is 34.7 Å². The normalized spacial score (nSPS) is 11.1. The first-order valence-corrected chi connectivity index (χ1v) is 7.76. The van der Waals surface area contributed by atoms with Gasteiger partial charge in [0.25, 0.3) is 0 Å². The van der Waals surface area contributed by atoms with Gasteiger partial charge in [0.1, 0.15) is 5.82 Å². The number of aromatic nitrogens is 3. The summed E-state index contributed by atoms with van der Waals surface area (Å²) in [6, 6.07) is 12.4. The van der Waals surface area contributed by atoms with Crippen LogP contribution in [0.2, 0.25) is 0 Å². The maximum absolute atomic E-state index is 4.82. The molecule has 0 spiro atoms. The van der Waals surface area contributed by atoms with E-state index in [0.29, 0.717) is 0 Å². The Kier molecular flexibility index (Phi) is 4.29. The molecule has 0 amide bonds. The molecule has 0 bridgehead atoms. The lowest BCUT2D eigenvalue weighted by molar-refractivity contribution is 0.594. The standard InChI is InChI=1S/C18H21N3/c1-2-3-4-7-14-21-17-9-6-5-8-16(17)20-18(21)15-10-12-19-13-11-15/h5-6,8-13H,2-4,7,14H2,1H3. The summed E-state index contributed by atoms with van der Waals surface area (Å²) in [5.74, 6) is 1.05. The molecule has 0 aliphatic heterocycles. The molecule has 108 valence electrons. The number of benzene rings is 1. The summed E-state index contributed by atoms with van der Waals surface area (Å²) in [4.78, 5) is 8.92. The number of aryl methyl sites for hydroxylation is 1. The van der Waals surface area contributed by atoms with Gasteiger partial charge in [0.15, 0.2) is 0 Å². The van der Waals surface area contributed by atoms with Crippen LogP contribution in [-0.4, -0.2) is 14.5 Å². The van der Waals surface area contributed by atoms with Gasteiger partial charge in [0, 0.05) is 24.5 Å².